The zero-order chi connectivity index (χ0) is 29.2. The van der Waals surface area contributed by atoms with E-state index in [1.807, 2.05) is 55.7 Å². The molecule has 214 valence electrons. The topological polar surface area (TPSA) is 99.2 Å². The fourth-order valence-electron chi connectivity index (χ4n) is 4.59. The third-order valence-corrected chi connectivity index (χ3v) is 7.80. The van der Waals surface area contributed by atoms with Gasteiger partial charge < -0.3 is 20.6 Å². The second-order valence-electron chi connectivity index (χ2n) is 9.69. The maximum absolute atomic E-state index is 12.2. The second kappa shape index (κ2) is 15.0. The average Bonchev–Trinajstić information content (AvgIpc) is 3.54. The molecule has 2 aromatic carbocycles. The highest BCUT2D eigenvalue weighted by Crippen LogP contribution is 2.37. The number of nitrogens with two attached hydrogens (primary N) is 1. The summed E-state index contributed by atoms with van der Waals surface area (Å²) in [6.07, 6.45) is 4.96. The van der Waals surface area contributed by atoms with Crippen LogP contribution in [0.3, 0.4) is 0 Å². The third-order valence-electron chi connectivity index (χ3n) is 6.33. The van der Waals surface area contributed by atoms with Gasteiger partial charge in [0.15, 0.2) is 0 Å². The number of ether oxygens (including phenoxy) is 1. The first-order chi connectivity index (χ1) is 19.2. The largest absolute Gasteiger partial charge is 0.484 e. The van der Waals surface area contributed by atoms with Crippen LogP contribution in [-0.2, 0) is 11.2 Å². The molecule has 2 unspecified atom stereocenters. The fourth-order valence-corrected chi connectivity index (χ4v) is 5.80. The zero-order valence-corrected chi connectivity index (χ0v) is 25.4. The fraction of sp³-hybridized carbons (Fsp3) is 0.387. The van der Waals surface area contributed by atoms with Crippen LogP contribution >= 0.6 is 22.9 Å². The summed E-state index contributed by atoms with van der Waals surface area (Å²) in [5.41, 5.74) is 9.75. The minimum atomic E-state index is -0.521. The van der Waals surface area contributed by atoms with Crippen molar-refractivity contribution in [3.63, 3.8) is 0 Å². The number of hydrogen-bond acceptors (Lipinski definition) is 6. The number of nitrogens with one attached hydrogen (secondary N) is 1. The number of ketones is 1. The van der Waals surface area contributed by atoms with Gasteiger partial charge in [0.05, 0.1) is 11.0 Å². The number of aromatic nitrogens is 2. The number of Topliss-reactive ketones (excluding diaryl/α,β-unsaturated/α-hetero) is 1. The number of fused-ring (bicyclic) bond motifs is 1. The predicted molar refractivity (Wildman–Crippen MR) is 165 cm³/mol. The van der Waals surface area contributed by atoms with E-state index in [2.05, 4.69) is 28.5 Å². The number of thiophene rings is 1. The van der Waals surface area contributed by atoms with Crippen LogP contribution in [0.2, 0.25) is 5.02 Å². The van der Waals surface area contributed by atoms with Gasteiger partial charge in [0, 0.05) is 16.7 Å². The molecule has 0 bridgehead atoms. The normalized spacial score (nSPS) is 15.3. The highest BCUT2D eigenvalue weighted by Gasteiger charge is 2.21. The molecule has 1 fully saturated rings. The molecule has 3 N–H and O–H groups in total. The molecule has 4 aromatic rings. The Morgan fingerprint density at radius 2 is 1.93 bits per heavy atom. The molecule has 0 saturated carbocycles. The van der Waals surface area contributed by atoms with E-state index in [9.17, 15) is 9.59 Å². The number of nitrogens with zero attached hydrogens (tertiary/aromatic N) is 2. The highest BCUT2D eigenvalue weighted by atomic mass is 35.5. The van der Waals surface area contributed by atoms with Gasteiger partial charge in [0.2, 0.25) is 0 Å². The first-order valence-corrected chi connectivity index (χ1v) is 14.9. The lowest BCUT2D eigenvalue weighted by molar-refractivity contribution is -0.115. The quantitative estimate of drug-likeness (QED) is 0.241. The molecule has 0 spiro atoms. The van der Waals surface area contributed by atoms with E-state index in [1.54, 1.807) is 6.33 Å². The molecular formula is C31H39ClN4O3S. The van der Waals surface area contributed by atoms with E-state index in [0.717, 1.165) is 41.1 Å². The Bertz CT molecular complexity index is 1420. The highest BCUT2D eigenvalue weighted by molar-refractivity contribution is 7.16. The summed E-state index contributed by atoms with van der Waals surface area (Å²) in [7, 11) is 0. The Balaban J connectivity index is 0.000000677. The molecule has 1 aliphatic heterocycles. The van der Waals surface area contributed by atoms with E-state index in [4.69, 9.17) is 22.1 Å². The maximum Gasteiger partial charge on any atom is 0.262 e. The van der Waals surface area contributed by atoms with E-state index in [-0.39, 0.29) is 11.9 Å². The first-order valence-electron chi connectivity index (χ1n) is 13.7. The SMILES string of the molecule is CC.CC(C)=O.CC(Oc1cc(-n2cnc3ccc(CC4CCCNC4)cc32)sc1C(N)=O)c1ccccc1Cl. The number of imidazole rings is 1. The van der Waals surface area contributed by atoms with Gasteiger partial charge in [0.25, 0.3) is 5.91 Å². The van der Waals surface area contributed by atoms with Crippen molar-refractivity contribution in [1.82, 2.24) is 14.9 Å². The number of halogens is 1. The van der Waals surface area contributed by atoms with Crippen LogP contribution in [0.4, 0.5) is 0 Å². The standard InChI is InChI=1S/C26H27ClN4O2S.C3H6O.C2H6/c1-16(19-6-2-3-7-20(19)27)33-23-13-24(34-25(23)26(28)32)31-15-30-21-9-8-17(12-22(21)31)11-18-5-4-10-29-14-18;1-3(2)4;1-2/h2-3,6-9,12-13,15-16,18,29H,4-5,10-11,14H2,1H3,(H2,28,32);1-2H3;1-2H3. The summed E-state index contributed by atoms with van der Waals surface area (Å²) in [5.74, 6) is 0.746. The van der Waals surface area contributed by atoms with Crippen molar-refractivity contribution < 1.29 is 14.3 Å². The van der Waals surface area contributed by atoms with Crippen molar-refractivity contribution in [1.29, 1.82) is 0 Å². The maximum atomic E-state index is 12.2. The van der Waals surface area contributed by atoms with Gasteiger partial charge in [-0.15, -0.1) is 11.3 Å². The van der Waals surface area contributed by atoms with E-state index in [0.29, 0.717) is 21.6 Å². The number of carbonyl (C=O) groups is 2. The third kappa shape index (κ3) is 8.16. The number of hydrogen-bond donors (Lipinski definition) is 2. The molecule has 1 saturated heterocycles. The van der Waals surface area contributed by atoms with Crippen molar-refractivity contribution >= 4 is 45.7 Å². The molecule has 0 radical (unpaired) electrons. The Hall–Kier alpha value is -3.20. The molecule has 1 aliphatic rings. The van der Waals surface area contributed by atoms with Crippen LogP contribution in [-0.4, -0.2) is 34.3 Å². The van der Waals surface area contributed by atoms with Gasteiger partial charge in [-0.2, -0.15) is 0 Å². The molecular weight excluding hydrogens is 544 g/mol. The van der Waals surface area contributed by atoms with Crippen molar-refractivity contribution in [3.8, 4) is 10.8 Å². The Labute approximate surface area is 245 Å². The van der Waals surface area contributed by atoms with Crippen LogP contribution in [0.1, 0.15) is 74.4 Å². The number of benzene rings is 2. The number of rotatable bonds is 7. The first kappa shape index (κ1) is 31.3. The predicted octanol–water partition coefficient (Wildman–Crippen LogP) is 7.14. The Morgan fingerprint density at radius 1 is 1.20 bits per heavy atom. The molecule has 2 aromatic heterocycles. The summed E-state index contributed by atoms with van der Waals surface area (Å²) >= 11 is 7.64. The van der Waals surface area contributed by atoms with Gasteiger partial charge in [-0.25, -0.2) is 4.98 Å². The summed E-state index contributed by atoms with van der Waals surface area (Å²) in [6.45, 7) is 11.1. The summed E-state index contributed by atoms with van der Waals surface area (Å²) in [6, 6.07) is 15.8. The van der Waals surface area contributed by atoms with E-state index in [1.165, 1.54) is 43.6 Å². The summed E-state index contributed by atoms with van der Waals surface area (Å²) < 4.78 is 8.18. The van der Waals surface area contributed by atoms with Crippen LogP contribution in [0.15, 0.2) is 54.9 Å². The van der Waals surface area contributed by atoms with Gasteiger partial charge >= 0.3 is 0 Å². The minimum Gasteiger partial charge on any atom is -0.484 e. The average molecular weight is 583 g/mol. The number of carbonyl (C=O) groups excluding carboxylic acids is 2. The molecule has 3 heterocycles. The lowest BCUT2D eigenvalue weighted by Gasteiger charge is -2.22. The van der Waals surface area contributed by atoms with Crippen LogP contribution < -0.4 is 15.8 Å². The zero-order valence-electron chi connectivity index (χ0n) is 23.9. The summed E-state index contributed by atoms with van der Waals surface area (Å²) in [5, 5.41) is 4.94. The number of primary amides is 1. The molecule has 5 rings (SSSR count). The van der Waals surface area contributed by atoms with Crippen molar-refractivity contribution in [3.05, 3.63) is 75.9 Å². The van der Waals surface area contributed by atoms with Crippen molar-refractivity contribution in [2.75, 3.05) is 13.1 Å². The van der Waals surface area contributed by atoms with E-state index < -0.39 is 5.91 Å². The monoisotopic (exact) mass is 582 g/mol. The summed E-state index contributed by atoms with van der Waals surface area (Å²) in [4.78, 5) is 26.6. The number of amides is 1. The lowest BCUT2D eigenvalue weighted by Crippen LogP contribution is -2.30. The molecule has 40 heavy (non-hydrogen) atoms. The Kier molecular flexibility index (Phi) is 11.7. The van der Waals surface area contributed by atoms with Crippen LogP contribution in [0, 0.1) is 5.92 Å². The van der Waals surface area contributed by atoms with Crippen molar-refractivity contribution in [2.45, 2.75) is 60.0 Å². The van der Waals surface area contributed by atoms with Gasteiger partial charge in [-0.05, 0) is 82.8 Å². The Morgan fingerprint density at radius 3 is 2.58 bits per heavy atom. The molecule has 0 aliphatic carbocycles. The lowest BCUT2D eigenvalue weighted by atomic mass is 9.92. The molecule has 1 amide bonds. The van der Waals surface area contributed by atoms with Crippen molar-refractivity contribution in [2.24, 2.45) is 11.7 Å². The molecule has 9 heteroatoms. The van der Waals surface area contributed by atoms with Gasteiger partial charge in [-0.1, -0.05) is 49.7 Å². The minimum absolute atomic E-state index is 0.167. The van der Waals surface area contributed by atoms with Crippen LogP contribution in [0.25, 0.3) is 16.0 Å². The van der Waals surface area contributed by atoms with Crippen LogP contribution in [0.5, 0.6) is 5.75 Å². The molecule has 2 atom stereocenters. The second-order valence-corrected chi connectivity index (χ2v) is 11.1. The smallest absolute Gasteiger partial charge is 0.262 e. The van der Waals surface area contributed by atoms with Gasteiger partial charge in [0.1, 0.15) is 33.8 Å². The van der Waals surface area contributed by atoms with Gasteiger partial charge in [-0.3, -0.25) is 9.36 Å². The van der Waals surface area contributed by atoms with E-state index >= 15 is 0 Å². The molecule has 7 nitrogen and oxygen atoms in total. The number of piperidine rings is 1.